The van der Waals surface area contributed by atoms with Gasteiger partial charge in [0, 0.05) is 26.6 Å². The highest BCUT2D eigenvalue weighted by atomic mass is 16.5. The van der Waals surface area contributed by atoms with Gasteiger partial charge in [-0.15, -0.1) is 0 Å². The van der Waals surface area contributed by atoms with E-state index in [1.54, 1.807) is 18.7 Å². The number of nitrogens with one attached hydrogen (secondary N) is 1. The first-order valence-corrected chi connectivity index (χ1v) is 8.20. The molecule has 130 valence electrons. The zero-order valence-corrected chi connectivity index (χ0v) is 14.2. The van der Waals surface area contributed by atoms with Crippen LogP contribution >= 0.6 is 0 Å². The summed E-state index contributed by atoms with van der Waals surface area (Å²) in [7, 11) is 3.27. The summed E-state index contributed by atoms with van der Waals surface area (Å²) >= 11 is 0. The molecular formula is C15H27N5O3. The predicted molar refractivity (Wildman–Crippen MR) is 86.5 cm³/mol. The molecule has 1 fully saturated rings. The van der Waals surface area contributed by atoms with Crippen LogP contribution in [0.25, 0.3) is 0 Å². The molecule has 2 heterocycles. The van der Waals surface area contributed by atoms with Gasteiger partial charge in [0.05, 0.1) is 19.7 Å². The highest BCUT2D eigenvalue weighted by Crippen LogP contribution is 2.25. The average molecular weight is 325 g/mol. The van der Waals surface area contributed by atoms with E-state index in [-0.39, 0.29) is 17.5 Å². The standard InChI is InChI=1S/C15H27N5O3/c1-4-19-14(17-20(15(19)22)9-10-23-3)12-5-7-18(8-6-12)11-13(21)16-2/h12H,4-11H2,1-3H3,(H,16,21). The van der Waals surface area contributed by atoms with Crippen molar-refractivity contribution in [2.45, 2.75) is 38.8 Å². The van der Waals surface area contributed by atoms with Crippen LogP contribution in [-0.2, 0) is 22.6 Å². The lowest BCUT2D eigenvalue weighted by molar-refractivity contribution is -0.122. The molecule has 0 spiro atoms. The lowest BCUT2D eigenvalue weighted by Crippen LogP contribution is -2.40. The molecule has 2 rings (SSSR count). The molecule has 0 atom stereocenters. The Morgan fingerprint density at radius 2 is 2.09 bits per heavy atom. The van der Waals surface area contributed by atoms with E-state index in [0.29, 0.717) is 26.2 Å². The fourth-order valence-electron chi connectivity index (χ4n) is 3.01. The fourth-order valence-corrected chi connectivity index (χ4v) is 3.01. The third-order valence-electron chi connectivity index (χ3n) is 4.37. The van der Waals surface area contributed by atoms with Gasteiger partial charge < -0.3 is 10.1 Å². The number of carbonyl (C=O) groups is 1. The van der Waals surface area contributed by atoms with Crippen molar-refractivity contribution in [2.24, 2.45) is 0 Å². The Hall–Kier alpha value is -1.67. The Morgan fingerprint density at radius 1 is 1.39 bits per heavy atom. The maximum atomic E-state index is 12.4. The summed E-state index contributed by atoms with van der Waals surface area (Å²) in [6.45, 7) is 5.68. The Bertz CT molecular complexity index is 572. The molecule has 1 aromatic heterocycles. The third kappa shape index (κ3) is 4.20. The minimum absolute atomic E-state index is 0.0396. The van der Waals surface area contributed by atoms with Crippen LogP contribution < -0.4 is 11.0 Å². The Morgan fingerprint density at radius 3 is 2.65 bits per heavy atom. The highest BCUT2D eigenvalue weighted by molar-refractivity contribution is 5.77. The average Bonchev–Trinajstić information content (AvgIpc) is 2.89. The SMILES string of the molecule is CCn1c(C2CCN(CC(=O)NC)CC2)nn(CCOC)c1=O. The number of nitrogens with zero attached hydrogens (tertiary/aromatic N) is 4. The first-order valence-electron chi connectivity index (χ1n) is 8.20. The second kappa shape index (κ2) is 8.26. The number of likely N-dealkylation sites (N-methyl/N-ethyl adjacent to an activating group) is 1. The molecular weight excluding hydrogens is 298 g/mol. The molecule has 0 unspecified atom stereocenters. The van der Waals surface area contributed by atoms with Crippen molar-refractivity contribution in [1.82, 2.24) is 24.6 Å². The van der Waals surface area contributed by atoms with Crippen molar-refractivity contribution in [1.29, 1.82) is 0 Å². The van der Waals surface area contributed by atoms with Crippen molar-refractivity contribution in [3.63, 3.8) is 0 Å². The summed E-state index contributed by atoms with van der Waals surface area (Å²) in [5.74, 6) is 1.18. The van der Waals surface area contributed by atoms with Gasteiger partial charge in [-0.3, -0.25) is 14.3 Å². The molecule has 0 aliphatic carbocycles. The Balaban J connectivity index is 2.05. The number of rotatable bonds is 7. The number of amides is 1. The van der Waals surface area contributed by atoms with Gasteiger partial charge in [0.1, 0.15) is 5.82 Å². The van der Waals surface area contributed by atoms with E-state index in [4.69, 9.17) is 4.74 Å². The van der Waals surface area contributed by atoms with E-state index < -0.39 is 0 Å². The van der Waals surface area contributed by atoms with Crippen molar-refractivity contribution in [3.05, 3.63) is 16.3 Å². The lowest BCUT2D eigenvalue weighted by Gasteiger charge is -2.30. The van der Waals surface area contributed by atoms with Gasteiger partial charge in [0.15, 0.2) is 0 Å². The Labute approximate surface area is 136 Å². The number of methoxy groups -OCH3 is 1. The molecule has 1 aromatic rings. The van der Waals surface area contributed by atoms with Crippen molar-refractivity contribution >= 4 is 5.91 Å². The summed E-state index contributed by atoms with van der Waals surface area (Å²) in [5, 5.41) is 7.18. The van der Waals surface area contributed by atoms with Crippen LogP contribution in [0.3, 0.4) is 0 Å². The first kappa shape index (κ1) is 17.7. The van der Waals surface area contributed by atoms with Crippen LogP contribution in [-0.4, -0.2) is 65.6 Å². The smallest absolute Gasteiger partial charge is 0.345 e. The number of carbonyl (C=O) groups excluding carboxylic acids is 1. The van der Waals surface area contributed by atoms with Crippen molar-refractivity contribution in [2.75, 3.05) is 40.4 Å². The number of likely N-dealkylation sites (tertiary alicyclic amines) is 1. The van der Waals surface area contributed by atoms with E-state index in [9.17, 15) is 9.59 Å². The number of aromatic nitrogens is 3. The molecule has 1 N–H and O–H groups in total. The quantitative estimate of drug-likeness (QED) is 0.740. The molecule has 1 amide bonds. The van der Waals surface area contributed by atoms with Crippen molar-refractivity contribution < 1.29 is 9.53 Å². The number of ether oxygens (including phenoxy) is 1. The highest BCUT2D eigenvalue weighted by Gasteiger charge is 2.26. The first-order chi connectivity index (χ1) is 11.1. The van der Waals surface area contributed by atoms with E-state index in [1.807, 2.05) is 6.92 Å². The van der Waals surface area contributed by atoms with Gasteiger partial charge in [-0.2, -0.15) is 5.10 Å². The van der Waals surface area contributed by atoms with Crippen molar-refractivity contribution in [3.8, 4) is 0 Å². The van der Waals surface area contributed by atoms with Gasteiger partial charge in [-0.1, -0.05) is 0 Å². The number of piperidine rings is 1. The summed E-state index contributed by atoms with van der Waals surface area (Å²) in [6.07, 6.45) is 1.83. The van der Waals surface area contributed by atoms with Crippen LogP contribution in [0.15, 0.2) is 4.79 Å². The van der Waals surface area contributed by atoms with Crippen LogP contribution in [0, 0.1) is 0 Å². The number of hydrogen-bond donors (Lipinski definition) is 1. The maximum Gasteiger partial charge on any atom is 0.345 e. The van der Waals surface area contributed by atoms with Gasteiger partial charge >= 0.3 is 5.69 Å². The molecule has 0 aromatic carbocycles. The van der Waals surface area contributed by atoms with Gasteiger partial charge in [-0.05, 0) is 32.9 Å². The summed E-state index contributed by atoms with van der Waals surface area (Å²) < 4.78 is 8.30. The molecule has 0 bridgehead atoms. The zero-order chi connectivity index (χ0) is 16.8. The third-order valence-corrected chi connectivity index (χ3v) is 4.37. The van der Waals surface area contributed by atoms with Crippen LogP contribution in [0.1, 0.15) is 31.5 Å². The molecule has 8 nitrogen and oxygen atoms in total. The zero-order valence-electron chi connectivity index (χ0n) is 14.2. The molecule has 0 saturated carbocycles. The normalized spacial score (nSPS) is 16.7. The Kier molecular flexibility index (Phi) is 6.35. The molecule has 0 radical (unpaired) electrons. The minimum Gasteiger partial charge on any atom is -0.383 e. The van der Waals surface area contributed by atoms with Gasteiger partial charge in [-0.25, -0.2) is 9.48 Å². The molecule has 1 saturated heterocycles. The predicted octanol–water partition coefficient (Wildman–Crippen LogP) is -0.363. The molecule has 1 aliphatic rings. The monoisotopic (exact) mass is 325 g/mol. The number of hydrogen-bond acceptors (Lipinski definition) is 5. The molecule has 8 heteroatoms. The minimum atomic E-state index is -0.0626. The van der Waals surface area contributed by atoms with Crippen LogP contribution in [0.4, 0.5) is 0 Å². The van der Waals surface area contributed by atoms with Crippen LogP contribution in [0.5, 0.6) is 0 Å². The topological polar surface area (TPSA) is 81.4 Å². The summed E-state index contributed by atoms with van der Waals surface area (Å²) in [6, 6.07) is 0. The largest absolute Gasteiger partial charge is 0.383 e. The summed E-state index contributed by atoms with van der Waals surface area (Å²) in [5.41, 5.74) is -0.0626. The maximum absolute atomic E-state index is 12.4. The van der Waals surface area contributed by atoms with Gasteiger partial charge in [0.2, 0.25) is 5.91 Å². The molecule has 1 aliphatic heterocycles. The lowest BCUT2D eigenvalue weighted by atomic mass is 9.96. The fraction of sp³-hybridized carbons (Fsp3) is 0.800. The van der Waals surface area contributed by atoms with E-state index >= 15 is 0 Å². The van der Waals surface area contributed by atoms with E-state index in [0.717, 1.165) is 31.8 Å². The van der Waals surface area contributed by atoms with E-state index in [2.05, 4.69) is 15.3 Å². The molecule has 23 heavy (non-hydrogen) atoms. The van der Waals surface area contributed by atoms with Gasteiger partial charge in [0.25, 0.3) is 0 Å². The van der Waals surface area contributed by atoms with Crippen LogP contribution in [0.2, 0.25) is 0 Å². The second-order valence-corrected chi connectivity index (χ2v) is 5.82. The summed E-state index contributed by atoms with van der Waals surface area (Å²) in [4.78, 5) is 26.0. The second-order valence-electron chi connectivity index (χ2n) is 5.82. The van der Waals surface area contributed by atoms with E-state index in [1.165, 1.54) is 4.68 Å².